The van der Waals surface area contributed by atoms with Gasteiger partial charge in [0.05, 0.1) is 5.56 Å². The van der Waals surface area contributed by atoms with Gasteiger partial charge in [-0.05, 0) is 44.9 Å². The molecule has 0 fully saturated rings. The maximum Gasteiger partial charge on any atom is 0.412 e. The average Bonchev–Trinajstić information content (AvgIpc) is 2.28. The van der Waals surface area contributed by atoms with Crippen LogP contribution in [0.2, 0.25) is 0 Å². The number of amides is 1. The molecule has 0 atom stereocenters. The van der Waals surface area contributed by atoms with Crippen LogP contribution in [-0.4, -0.2) is 22.8 Å². The van der Waals surface area contributed by atoms with Crippen LogP contribution in [0.4, 0.5) is 10.5 Å². The van der Waals surface area contributed by atoms with E-state index in [-0.39, 0.29) is 5.56 Å². The van der Waals surface area contributed by atoms with Crippen LogP contribution in [0.25, 0.3) is 0 Å². The van der Waals surface area contributed by atoms with Gasteiger partial charge in [0.25, 0.3) is 0 Å². The van der Waals surface area contributed by atoms with E-state index in [2.05, 4.69) is 5.32 Å². The fourth-order valence-electron chi connectivity index (χ4n) is 1.73. The van der Waals surface area contributed by atoms with E-state index < -0.39 is 17.7 Å². The zero-order valence-corrected chi connectivity index (χ0v) is 12.3. The molecule has 0 saturated heterocycles. The first-order chi connectivity index (χ1) is 9.23. The number of carbonyl (C=O) groups excluding carboxylic acids is 1. The fourth-order valence-corrected chi connectivity index (χ4v) is 1.73. The van der Waals surface area contributed by atoms with Crippen LogP contribution in [0.5, 0.6) is 0 Å². The van der Waals surface area contributed by atoms with Crippen molar-refractivity contribution in [3.8, 4) is 0 Å². The van der Waals surface area contributed by atoms with Crippen molar-refractivity contribution in [3.05, 3.63) is 29.3 Å². The lowest BCUT2D eigenvalue weighted by molar-refractivity contribution is 0.0632. The molecular weight excluding hydrogens is 258 g/mol. The van der Waals surface area contributed by atoms with Crippen LogP contribution in [0.1, 0.15) is 50.0 Å². The fraction of sp³-hybridized carbons (Fsp3) is 0.467. The van der Waals surface area contributed by atoms with Gasteiger partial charge < -0.3 is 9.84 Å². The standard InChI is InChI=1S/C15H21NO4/c1-5-6-10-7-8-11(13(17)18)9-12(10)16-14(19)20-15(2,3)4/h7-9H,5-6H2,1-4H3,(H,16,19)(H,17,18). The number of benzene rings is 1. The lowest BCUT2D eigenvalue weighted by Gasteiger charge is -2.20. The summed E-state index contributed by atoms with van der Waals surface area (Å²) in [4.78, 5) is 22.8. The van der Waals surface area contributed by atoms with Crippen molar-refractivity contribution in [1.82, 2.24) is 0 Å². The normalized spacial score (nSPS) is 11.0. The molecule has 0 aliphatic carbocycles. The number of nitrogens with one attached hydrogen (secondary N) is 1. The van der Waals surface area contributed by atoms with E-state index in [1.54, 1.807) is 26.8 Å². The lowest BCUT2D eigenvalue weighted by atomic mass is 10.0. The Morgan fingerprint density at radius 2 is 1.95 bits per heavy atom. The van der Waals surface area contributed by atoms with Gasteiger partial charge in [0.1, 0.15) is 5.60 Å². The molecule has 5 nitrogen and oxygen atoms in total. The van der Waals surface area contributed by atoms with Gasteiger partial charge in [0.2, 0.25) is 0 Å². The third kappa shape index (κ3) is 4.91. The van der Waals surface area contributed by atoms with Crippen molar-refractivity contribution in [2.75, 3.05) is 5.32 Å². The van der Waals surface area contributed by atoms with E-state index in [1.165, 1.54) is 12.1 Å². The zero-order chi connectivity index (χ0) is 15.3. The summed E-state index contributed by atoms with van der Waals surface area (Å²) < 4.78 is 5.18. The molecular formula is C15H21NO4. The zero-order valence-electron chi connectivity index (χ0n) is 12.3. The van der Waals surface area contributed by atoms with E-state index in [1.807, 2.05) is 6.92 Å². The van der Waals surface area contributed by atoms with E-state index in [0.717, 1.165) is 18.4 Å². The van der Waals surface area contributed by atoms with Gasteiger partial charge in [-0.15, -0.1) is 0 Å². The number of carboxylic acid groups (broad SMARTS) is 1. The molecule has 0 unspecified atom stereocenters. The third-order valence-electron chi connectivity index (χ3n) is 2.51. The molecule has 2 N–H and O–H groups in total. The molecule has 0 spiro atoms. The molecule has 20 heavy (non-hydrogen) atoms. The molecule has 1 amide bonds. The highest BCUT2D eigenvalue weighted by Gasteiger charge is 2.17. The molecule has 0 bridgehead atoms. The molecule has 5 heteroatoms. The molecule has 1 rings (SSSR count). The van der Waals surface area contributed by atoms with Crippen LogP contribution in [-0.2, 0) is 11.2 Å². The van der Waals surface area contributed by atoms with Crippen molar-refractivity contribution in [2.24, 2.45) is 0 Å². The Kier molecular flexibility index (Phi) is 5.13. The maximum atomic E-state index is 11.8. The van der Waals surface area contributed by atoms with Crippen LogP contribution in [0.15, 0.2) is 18.2 Å². The monoisotopic (exact) mass is 279 g/mol. The van der Waals surface area contributed by atoms with E-state index in [9.17, 15) is 9.59 Å². The quantitative estimate of drug-likeness (QED) is 0.881. The van der Waals surface area contributed by atoms with E-state index >= 15 is 0 Å². The summed E-state index contributed by atoms with van der Waals surface area (Å²) in [5, 5.41) is 11.6. The Bertz CT molecular complexity index is 503. The molecule has 0 aliphatic rings. The predicted molar refractivity (Wildman–Crippen MR) is 77.3 cm³/mol. The molecule has 0 aromatic heterocycles. The number of aromatic carboxylic acids is 1. The number of rotatable bonds is 4. The smallest absolute Gasteiger partial charge is 0.412 e. The van der Waals surface area contributed by atoms with Crippen molar-refractivity contribution in [1.29, 1.82) is 0 Å². The summed E-state index contributed by atoms with van der Waals surface area (Å²) >= 11 is 0. The third-order valence-corrected chi connectivity index (χ3v) is 2.51. The maximum absolute atomic E-state index is 11.8. The van der Waals surface area contributed by atoms with Crippen LogP contribution in [0.3, 0.4) is 0 Å². The lowest BCUT2D eigenvalue weighted by Crippen LogP contribution is -2.27. The number of anilines is 1. The molecule has 0 heterocycles. The minimum Gasteiger partial charge on any atom is -0.478 e. The summed E-state index contributed by atoms with van der Waals surface area (Å²) in [6.07, 6.45) is 1.07. The number of ether oxygens (including phenoxy) is 1. The van der Waals surface area contributed by atoms with Gasteiger partial charge in [-0.1, -0.05) is 19.4 Å². The number of carboxylic acids is 1. The highest BCUT2D eigenvalue weighted by molar-refractivity contribution is 5.92. The van der Waals surface area contributed by atoms with Crippen molar-refractivity contribution in [3.63, 3.8) is 0 Å². The number of hydrogen-bond donors (Lipinski definition) is 2. The summed E-state index contributed by atoms with van der Waals surface area (Å²) in [5.74, 6) is -1.03. The van der Waals surface area contributed by atoms with Crippen molar-refractivity contribution >= 4 is 17.7 Å². The SMILES string of the molecule is CCCc1ccc(C(=O)O)cc1NC(=O)OC(C)(C)C. The first kappa shape index (κ1) is 16.0. The number of carbonyl (C=O) groups is 2. The van der Waals surface area contributed by atoms with Crippen LogP contribution < -0.4 is 5.32 Å². The summed E-state index contributed by atoms with van der Waals surface area (Å²) in [7, 11) is 0. The summed E-state index contributed by atoms with van der Waals surface area (Å²) in [6.45, 7) is 7.33. The highest BCUT2D eigenvalue weighted by atomic mass is 16.6. The average molecular weight is 279 g/mol. The largest absolute Gasteiger partial charge is 0.478 e. The van der Waals surface area contributed by atoms with Crippen LogP contribution >= 0.6 is 0 Å². The predicted octanol–water partition coefficient (Wildman–Crippen LogP) is 3.68. The summed E-state index contributed by atoms with van der Waals surface area (Å²) in [6, 6.07) is 4.71. The van der Waals surface area contributed by atoms with Crippen molar-refractivity contribution < 1.29 is 19.4 Å². The second kappa shape index (κ2) is 6.41. The minimum absolute atomic E-state index is 0.135. The molecule has 110 valence electrons. The summed E-state index contributed by atoms with van der Waals surface area (Å²) in [5.41, 5.74) is 0.916. The number of hydrogen-bond acceptors (Lipinski definition) is 3. The minimum atomic E-state index is -1.03. The molecule has 0 saturated carbocycles. The van der Waals surface area contributed by atoms with Gasteiger partial charge in [-0.3, -0.25) is 5.32 Å². The second-order valence-electron chi connectivity index (χ2n) is 5.55. The Hall–Kier alpha value is -2.04. The number of aryl methyl sites for hydroxylation is 1. The Morgan fingerprint density at radius 3 is 2.45 bits per heavy atom. The highest BCUT2D eigenvalue weighted by Crippen LogP contribution is 2.21. The molecule has 0 aliphatic heterocycles. The van der Waals surface area contributed by atoms with Crippen molar-refractivity contribution in [2.45, 2.75) is 46.1 Å². The first-order valence-electron chi connectivity index (χ1n) is 6.59. The van der Waals surface area contributed by atoms with Gasteiger partial charge in [0, 0.05) is 5.69 Å². The molecule has 1 aromatic rings. The van der Waals surface area contributed by atoms with Gasteiger partial charge in [-0.25, -0.2) is 9.59 Å². The van der Waals surface area contributed by atoms with Gasteiger partial charge in [-0.2, -0.15) is 0 Å². The molecule has 0 radical (unpaired) electrons. The second-order valence-corrected chi connectivity index (χ2v) is 5.55. The van der Waals surface area contributed by atoms with Crippen LogP contribution in [0, 0.1) is 0 Å². The Morgan fingerprint density at radius 1 is 1.30 bits per heavy atom. The van der Waals surface area contributed by atoms with Gasteiger partial charge >= 0.3 is 12.1 Å². The van der Waals surface area contributed by atoms with Gasteiger partial charge in [0.15, 0.2) is 0 Å². The van der Waals surface area contributed by atoms with E-state index in [0.29, 0.717) is 5.69 Å². The first-order valence-corrected chi connectivity index (χ1v) is 6.59. The topological polar surface area (TPSA) is 75.6 Å². The molecule has 1 aromatic carbocycles. The Balaban J connectivity index is 2.98. The Labute approximate surface area is 118 Å². The van der Waals surface area contributed by atoms with E-state index in [4.69, 9.17) is 9.84 Å².